The second-order valence-electron chi connectivity index (χ2n) is 5.49. The molecule has 1 aliphatic heterocycles. The number of anilines is 1. The number of halogens is 1. The first kappa shape index (κ1) is 18.4. The zero-order valence-corrected chi connectivity index (χ0v) is 15.6. The standard InChI is InChI=1S/C16H18IN3O4/c1-3-4-7-19-14(22)15(23)20(16(19)24)9-13(21)18-12-6-5-11(17)8-10(12)2/h5-6,8H,3-4,7,9H2,1-2H3,(H,18,21). The number of nitrogens with zero attached hydrogens (tertiary/aromatic N) is 2. The van der Waals surface area contributed by atoms with Gasteiger partial charge in [-0.1, -0.05) is 13.3 Å². The highest BCUT2D eigenvalue weighted by Crippen LogP contribution is 2.18. The number of carbonyl (C=O) groups is 4. The van der Waals surface area contributed by atoms with Crippen LogP contribution in [-0.4, -0.2) is 46.6 Å². The molecule has 0 unspecified atom stereocenters. The predicted molar refractivity (Wildman–Crippen MR) is 96.3 cm³/mol. The summed E-state index contributed by atoms with van der Waals surface area (Å²) in [6, 6.07) is 4.76. The van der Waals surface area contributed by atoms with Crippen LogP contribution in [0.25, 0.3) is 0 Å². The van der Waals surface area contributed by atoms with Crippen LogP contribution < -0.4 is 5.32 Å². The number of hydrogen-bond acceptors (Lipinski definition) is 4. The summed E-state index contributed by atoms with van der Waals surface area (Å²) in [4.78, 5) is 49.7. The quantitative estimate of drug-likeness (QED) is 0.415. The summed E-state index contributed by atoms with van der Waals surface area (Å²) in [5, 5.41) is 2.66. The largest absolute Gasteiger partial charge is 0.334 e. The van der Waals surface area contributed by atoms with Crippen molar-refractivity contribution in [3.05, 3.63) is 27.3 Å². The van der Waals surface area contributed by atoms with Gasteiger partial charge in [0.1, 0.15) is 6.54 Å². The maximum Gasteiger partial charge on any atom is 0.334 e. The van der Waals surface area contributed by atoms with Crippen molar-refractivity contribution in [3.63, 3.8) is 0 Å². The number of hydrogen-bond donors (Lipinski definition) is 1. The van der Waals surface area contributed by atoms with Gasteiger partial charge in [0, 0.05) is 15.8 Å². The molecule has 1 saturated heterocycles. The molecule has 0 bridgehead atoms. The van der Waals surface area contributed by atoms with Crippen molar-refractivity contribution in [2.24, 2.45) is 0 Å². The molecule has 0 aliphatic carbocycles. The summed E-state index contributed by atoms with van der Waals surface area (Å²) in [5.74, 6) is -2.34. The van der Waals surface area contributed by atoms with Gasteiger partial charge in [-0.05, 0) is 59.7 Å². The number of unbranched alkanes of at least 4 members (excludes halogenated alkanes) is 1. The summed E-state index contributed by atoms with van der Waals surface area (Å²) in [6.45, 7) is 3.48. The van der Waals surface area contributed by atoms with Gasteiger partial charge >= 0.3 is 17.8 Å². The first-order valence-corrected chi connectivity index (χ1v) is 8.66. The third-order valence-corrected chi connectivity index (χ3v) is 4.31. The molecule has 0 spiro atoms. The number of aryl methyl sites for hydroxylation is 1. The Bertz CT molecular complexity index is 705. The summed E-state index contributed by atoms with van der Waals surface area (Å²) in [5.41, 5.74) is 1.48. The zero-order chi connectivity index (χ0) is 17.9. The Labute approximate surface area is 153 Å². The summed E-state index contributed by atoms with van der Waals surface area (Å²) >= 11 is 2.16. The summed E-state index contributed by atoms with van der Waals surface area (Å²) < 4.78 is 1.03. The SMILES string of the molecule is CCCCN1C(=O)C(=O)N(CC(=O)Nc2ccc(I)cc2C)C1=O. The van der Waals surface area contributed by atoms with Crippen molar-refractivity contribution < 1.29 is 19.2 Å². The Morgan fingerprint density at radius 3 is 2.46 bits per heavy atom. The van der Waals surface area contributed by atoms with Gasteiger partial charge < -0.3 is 5.32 Å². The van der Waals surface area contributed by atoms with Crippen LogP contribution in [0.1, 0.15) is 25.3 Å². The maximum absolute atomic E-state index is 12.2. The van der Waals surface area contributed by atoms with E-state index in [1.165, 1.54) is 0 Å². The van der Waals surface area contributed by atoms with Crippen LogP contribution in [0.4, 0.5) is 10.5 Å². The van der Waals surface area contributed by atoms with Gasteiger partial charge in [-0.15, -0.1) is 0 Å². The van der Waals surface area contributed by atoms with Gasteiger partial charge in [0.25, 0.3) is 0 Å². The molecule has 1 fully saturated rings. The van der Waals surface area contributed by atoms with Crippen molar-refractivity contribution in [3.8, 4) is 0 Å². The van der Waals surface area contributed by atoms with Gasteiger partial charge in [0.05, 0.1) is 0 Å². The second kappa shape index (κ2) is 7.73. The second-order valence-corrected chi connectivity index (χ2v) is 6.74. The molecule has 1 N–H and O–H groups in total. The third-order valence-electron chi connectivity index (χ3n) is 3.63. The first-order chi connectivity index (χ1) is 11.3. The predicted octanol–water partition coefficient (Wildman–Crippen LogP) is 2.13. The number of carbonyl (C=O) groups excluding carboxylic acids is 4. The van der Waals surface area contributed by atoms with Crippen LogP contribution in [0.2, 0.25) is 0 Å². The molecule has 128 valence electrons. The Morgan fingerprint density at radius 1 is 1.17 bits per heavy atom. The molecule has 7 nitrogen and oxygen atoms in total. The minimum Gasteiger partial charge on any atom is -0.324 e. The van der Waals surface area contributed by atoms with Gasteiger partial charge in [-0.25, -0.2) is 9.69 Å². The lowest BCUT2D eigenvalue weighted by Gasteiger charge is -2.15. The summed E-state index contributed by atoms with van der Waals surface area (Å²) in [6.07, 6.45) is 1.41. The molecular weight excluding hydrogens is 425 g/mol. The lowest BCUT2D eigenvalue weighted by Crippen LogP contribution is -2.39. The van der Waals surface area contributed by atoms with E-state index >= 15 is 0 Å². The van der Waals surface area contributed by atoms with Crippen LogP contribution >= 0.6 is 22.6 Å². The Kier molecular flexibility index (Phi) is 5.92. The smallest absolute Gasteiger partial charge is 0.324 e. The molecule has 1 aliphatic rings. The molecular formula is C16H18IN3O4. The van der Waals surface area contributed by atoms with E-state index in [2.05, 4.69) is 27.9 Å². The van der Waals surface area contributed by atoms with Crippen molar-refractivity contribution >= 4 is 52.0 Å². The van der Waals surface area contributed by atoms with Crippen LogP contribution in [0.5, 0.6) is 0 Å². The fourth-order valence-corrected chi connectivity index (χ4v) is 2.95. The number of nitrogens with one attached hydrogen (secondary N) is 1. The maximum atomic E-state index is 12.2. The fourth-order valence-electron chi connectivity index (χ4n) is 2.30. The van der Waals surface area contributed by atoms with Gasteiger partial charge in [-0.3, -0.25) is 19.3 Å². The number of imide groups is 2. The highest BCUT2D eigenvalue weighted by atomic mass is 127. The molecule has 2 rings (SSSR count). The van der Waals surface area contributed by atoms with Crippen LogP contribution in [0.15, 0.2) is 18.2 Å². The highest BCUT2D eigenvalue weighted by Gasteiger charge is 2.44. The van der Waals surface area contributed by atoms with Crippen LogP contribution in [-0.2, 0) is 14.4 Å². The van der Waals surface area contributed by atoms with E-state index in [4.69, 9.17) is 0 Å². The van der Waals surface area contributed by atoms with Gasteiger partial charge in [0.2, 0.25) is 5.91 Å². The molecule has 1 aromatic carbocycles. The van der Waals surface area contributed by atoms with E-state index in [1.54, 1.807) is 6.07 Å². The minimum absolute atomic E-state index is 0.189. The lowest BCUT2D eigenvalue weighted by atomic mass is 10.2. The van der Waals surface area contributed by atoms with Crippen LogP contribution in [0.3, 0.4) is 0 Å². The average molecular weight is 443 g/mol. The molecule has 1 aromatic rings. The first-order valence-electron chi connectivity index (χ1n) is 7.58. The van der Waals surface area contributed by atoms with E-state index in [1.807, 2.05) is 26.0 Å². The van der Waals surface area contributed by atoms with Crippen molar-refractivity contribution in [2.75, 3.05) is 18.4 Å². The number of benzene rings is 1. The topological polar surface area (TPSA) is 86.8 Å². The lowest BCUT2D eigenvalue weighted by molar-refractivity contribution is -0.143. The van der Waals surface area contributed by atoms with Crippen LogP contribution in [0, 0.1) is 10.5 Å². The monoisotopic (exact) mass is 443 g/mol. The minimum atomic E-state index is -0.953. The molecule has 0 atom stereocenters. The molecule has 24 heavy (non-hydrogen) atoms. The Morgan fingerprint density at radius 2 is 1.83 bits per heavy atom. The van der Waals surface area contributed by atoms with Crippen molar-refractivity contribution in [1.82, 2.24) is 9.80 Å². The fraction of sp³-hybridized carbons (Fsp3) is 0.375. The molecule has 0 radical (unpaired) electrons. The van der Waals surface area contributed by atoms with E-state index in [0.29, 0.717) is 17.0 Å². The molecule has 1 heterocycles. The van der Waals surface area contributed by atoms with E-state index in [0.717, 1.165) is 20.5 Å². The number of amides is 5. The Balaban J connectivity index is 2.04. The molecule has 0 aromatic heterocycles. The number of urea groups is 1. The zero-order valence-electron chi connectivity index (χ0n) is 13.5. The van der Waals surface area contributed by atoms with Crippen molar-refractivity contribution in [2.45, 2.75) is 26.7 Å². The van der Waals surface area contributed by atoms with E-state index in [-0.39, 0.29) is 6.54 Å². The number of rotatable bonds is 6. The van der Waals surface area contributed by atoms with Gasteiger partial charge in [-0.2, -0.15) is 0 Å². The summed E-state index contributed by atoms with van der Waals surface area (Å²) in [7, 11) is 0. The van der Waals surface area contributed by atoms with E-state index in [9.17, 15) is 19.2 Å². The normalized spacial score (nSPS) is 14.5. The van der Waals surface area contributed by atoms with Gasteiger partial charge in [0.15, 0.2) is 0 Å². The average Bonchev–Trinajstić information content (AvgIpc) is 2.72. The third kappa shape index (κ3) is 3.92. The highest BCUT2D eigenvalue weighted by molar-refractivity contribution is 14.1. The molecule has 5 amide bonds. The molecule has 8 heteroatoms. The van der Waals surface area contributed by atoms with Crippen molar-refractivity contribution in [1.29, 1.82) is 0 Å². The Hall–Kier alpha value is -1.97. The molecule has 0 saturated carbocycles. The van der Waals surface area contributed by atoms with E-state index < -0.39 is 30.3 Å².